The van der Waals surface area contributed by atoms with E-state index in [-0.39, 0.29) is 17.3 Å². The van der Waals surface area contributed by atoms with Crippen LogP contribution in [0, 0.1) is 5.92 Å². The van der Waals surface area contributed by atoms with Crippen molar-refractivity contribution < 1.29 is 14.4 Å². The molecule has 0 fully saturated rings. The van der Waals surface area contributed by atoms with Gasteiger partial charge in [-0.25, -0.2) is 0 Å². The molecule has 0 N–H and O–H groups in total. The quantitative estimate of drug-likeness (QED) is 0.607. The molecule has 0 aliphatic heterocycles. The lowest BCUT2D eigenvalue weighted by atomic mass is 9.92. The third-order valence-electron chi connectivity index (χ3n) is 3.67. The predicted molar refractivity (Wildman–Crippen MR) is 84.9 cm³/mol. The lowest BCUT2D eigenvalue weighted by Gasteiger charge is -2.10. The Morgan fingerprint density at radius 2 is 1.27 bits per heavy atom. The van der Waals surface area contributed by atoms with Crippen LogP contribution in [-0.2, 0) is 16.0 Å². The summed E-state index contributed by atoms with van der Waals surface area (Å²) in [6.45, 7) is 2.86. The first-order valence-corrected chi connectivity index (χ1v) is 7.18. The Balaban J connectivity index is 2.15. The smallest absolute Gasteiger partial charge is 0.193 e. The summed E-state index contributed by atoms with van der Waals surface area (Å²) in [5.74, 6) is -0.897. The summed E-state index contributed by atoms with van der Waals surface area (Å²) in [4.78, 5) is 35.2. The van der Waals surface area contributed by atoms with Crippen molar-refractivity contribution in [2.75, 3.05) is 0 Å². The molecule has 2 aromatic rings. The SMILES string of the molecule is CC(=O)C(Cc1ccc(C(=O)c2ccccc2)cc1)C(C)=O. The van der Waals surface area contributed by atoms with Gasteiger partial charge in [-0.15, -0.1) is 0 Å². The highest BCUT2D eigenvalue weighted by atomic mass is 16.1. The molecule has 0 amide bonds. The summed E-state index contributed by atoms with van der Waals surface area (Å²) in [6.07, 6.45) is 0.379. The highest BCUT2D eigenvalue weighted by Gasteiger charge is 2.20. The van der Waals surface area contributed by atoms with Gasteiger partial charge in [0.2, 0.25) is 0 Å². The lowest BCUT2D eigenvalue weighted by Crippen LogP contribution is -2.21. The molecule has 3 heteroatoms. The van der Waals surface area contributed by atoms with Crippen LogP contribution in [0.5, 0.6) is 0 Å². The third-order valence-corrected chi connectivity index (χ3v) is 3.67. The molecule has 0 bridgehead atoms. The Hall–Kier alpha value is -2.55. The van der Waals surface area contributed by atoms with Crippen LogP contribution in [-0.4, -0.2) is 17.3 Å². The molecule has 0 heterocycles. The average Bonchev–Trinajstić information content (AvgIpc) is 2.52. The van der Waals surface area contributed by atoms with E-state index in [1.807, 2.05) is 18.2 Å². The van der Waals surface area contributed by atoms with Crippen LogP contribution in [0.1, 0.15) is 35.3 Å². The fraction of sp³-hybridized carbons (Fsp3) is 0.211. The van der Waals surface area contributed by atoms with Gasteiger partial charge in [0.1, 0.15) is 11.6 Å². The van der Waals surface area contributed by atoms with E-state index in [1.165, 1.54) is 13.8 Å². The summed E-state index contributed by atoms with van der Waals surface area (Å²) >= 11 is 0. The van der Waals surface area contributed by atoms with Crippen LogP contribution < -0.4 is 0 Å². The monoisotopic (exact) mass is 294 g/mol. The highest BCUT2D eigenvalue weighted by Crippen LogP contribution is 2.15. The Kier molecular flexibility index (Phi) is 4.99. The molecule has 0 aliphatic rings. The van der Waals surface area contributed by atoms with Gasteiger partial charge in [0.15, 0.2) is 5.78 Å². The van der Waals surface area contributed by atoms with Crippen molar-refractivity contribution in [3.63, 3.8) is 0 Å². The molecule has 0 aromatic heterocycles. The van der Waals surface area contributed by atoms with E-state index in [0.29, 0.717) is 17.5 Å². The summed E-state index contributed by atoms with van der Waals surface area (Å²) in [5.41, 5.74) is 2.11. The number of rotatable bonds is 6. The number of benzene rings is 2. The fourth-order valence-corrected chi connectivity index (χ4v) is 2.36. The molecule has 0 aliphatic carbocycles. The number of carbonyl (C=O) groups excluding carboxylic acids is 3. The standard InChI is InChI=1S/C19H18O3/c1-13(20)18(14(2)21)12-15-8-10-17(11-9-15)19(22)16-6-4-3-5-7-16/h3-11,18H,12H2,1-2H3. The lowest BCUT2D eigenvalue weighted by molar-refractivity contribution is -0.130. The summed E-state index contributed by atoms with van der Waals surface area (Å²) in [5, 5.41) is 0. The second-order valence-electron chi connectivity index (χ2n) is 5.37. The molecule has 2 aromatic carbocycles. The van der Waals surface area contributed by atoms with E-state index in [1.54, 1.807) is 36.4 Å². The van der Waals surface area contributed by atoms with Gasteiger partial charge < -0.3 is 0 Å². The molecular weight excluding hydrogens is 276 g/mol. The van der Waals surface area contributed by atoms with Gasteiger partial charge in [-0.2, -0.15) is 0 Å². The maximum absolute atomic E-state index is 12.3. The number of ketones is 3. The van der Waals surface area contributed by atoms with E-state index < -0.39 is 5.92 Å². The second-order valence-corrected chi connectivity index (χ2v) is 5.37. The van der Waals surface area contributed by atoms with Gasteiger partial charge in [0, 0.05) is 11.1 Å². The maximum atomic E-state index is 12.3. The van der Waals surface area contributed by atoms with E-state index in [2.05, 4.69) is 0 Å². The number of hydrogen-bond acceptors (Lipinski definition) is 3. The Bertz CT molecular complexity index is 670. The molecule has 3 nitrogen and oxygen atoms in total. The highest BCUT2D eigenvalue weighted by molar-refractivity contribution is 6.09. The average molecular weight is 294 g/mol. The van der Waals surface area contributed by atoms with Gasteiger partial charge in [-0.1, -0.05) is 54.6 Å². The van der Waals surface area contributed by atoms with Crippen LogP contribution in [0.15, 0.2) is 54.6 Å². The Labute approximate surface area is 130 Å². The Morgan fingerprint density at radius 1 is 0.773 bits per heavy atom. The van der Waals surface area contributed by atoms with Crippen LogP contribution in [0.4, 0.5) is 0 Å². The molecule has 0 saturated heterocycles. The molecule has 2 rings (SSSR count). The normalized spacial score (nSPS) is 10.5. The minimum atomic E-state index is -0.601. The molecule has 0 atom stereocenters. The molecular formula is C19H18O3. The van der Waals surface area contributed by atoms with E-state index in [4.69, 9.17) is 0 Å². The van der Waals surface area contributed by atoms with Crippen LogP contribution in [0.2, 0.25) is 0 Å². The first-order chi connectivity index (χ1) is 10.5. The zero-order chi connectivity index (χ0) is 16.1. The molecule has 22 heavy (non-hydrogen) atoms. The van der Waals surface area contributed by atoms with Crippen molar-refractivity contribution in [2.24, 2.45) is 5.92 Å². The van der Waals surface area contributed by atoms with Gasteiger partial charge in [-0.3, -0.25) is 14.4 Å². The number of hydrogen-bond donors (Lipinski definition) is 0. The molecule has 0 spiro atoms. The van der Waals surface area contributed by atoms with Crippen molar-refractivity contribution in [3.05, 3.63) is 71.3 Å². The molecule has 112 valence electrons. The van der Waals surface area contributed by atoms with Gasteiger partial charge in [-0.05, 0) is 25.8 Å². The van der Waals surface area contributed by atoms with Gasteiger partial charge >= 0.3 is 0 Å². The first kappa shape index (κ1) is 15.8. The largest absolute Gasteiger partial charge is 0.299 e. The Morgan fingerprint density at radius 3 is 1.77 bits per heavy atom. The minimum Gasteiger partial charge on any atom is -0.299 e. The van der Waals surface area contributed by atoms with Gasteiger partial charge in [0.25, 0.3) is 0 Å². The topological polar surface area (TPSA) is 51.2 Å². The van der Waals surface area contributed by atoms with Crippen LogP contribution >= 0.6 is 0 Å². The van der Waals surface area contributed by atoms with Crippen molar-refractivity contribution in [3.8, 4) is 0 Å². The predicted octanol–water partition coefficient (Wildman–Crippen LogP) is 3.25. The van der Waals surface area contributed by atoms with Crippen molar-refractivity contribution in [1.82, 2.24) is 0 Å². The van der Waals surface area contributed by atoms with Crippen molar-refractivity contribution in [1.29, 1.82) is 0 Å². The minimum absolute atomic E-state index is 0.0400. The van der Waals surface area contributed by atoms with E-state index in [0.717, 1.165) is 5.56 Å². The fourth-order valence-electron chi connectivity index (χ4n) is 2.36. The first-order valence-electron chi connectivity index (χ1n) is 7.18. The van der Waals surface area contributed by atoms with Crippen LogP contribution in [0.3, 0.4) is 0 Å². The van der Waals surface area contributed by atoms with Crippen LogP contribution in [0.25, 0.3) is 0 Å². The van der Waals surface area contributed by atoms with Crippen molar-refractivity contribution in [2.45, 2.75) is 20.3 Å². The number of Topliss-reactive ketones (excluding diaryl/α,β-unsaturated/α-hetero) is 2. The summed E-state index contributed by atoms with van der Waals surface area (Å²) in [7, 11) is 0. The number of carbonyl (C=O) groups is 3. The summed E-state index contributed by atoms with van der Waals surface area (Å²) < 4.78 is 0. The molecule has 0 saturated carbocycles. The zero-order valence-electron chi connectivity index (χ0n) is 12.7. The van der Waals surface area contributed by atoms with Crippen molar-refractivity contribution >= 4 is 17.3 Å². The zero-order valence-corrected chi connectivity index (χ0v) is 12.7. The maximum Gasteiger partial charge on any atom is 0.193 e. The van der Waals surface area contributed by atoms with E-state index in [9.17, 15) is 14.4 Å². The summed E-state index contributed by atoms with van der Waals surface area (Å²) in [6, 6.07) is 16.1. The second kappa shape index (κ2) is 6.94. The molecule has 0 radical (unpaired) electrons. The molecule has 0 unspecified atom stereocenters. The van der Waals surface area contributed by atoms with Gasteiger partial charge in [0.05, 0.1) is 5.92 Å². The third kappa shape index (κ3) is 3.76. The van der Waals surface area contributed by atoms with E-state index >= 15 is 0 Å².